The largest absolute Gasteiger partial charge is 0.377 e. The zero-order valence-corrected chi connectivity index (χ0v) is 12.8. The molecule has 2 aromatic rings. The van der Waals surface area contributed by atoms with Crippen LogP contribution in [0.5, 0.6) is 0 Å². The lowest BCUT2D eigenvalue weighted by Crippen LogP contribution is -2.19. The third-order valence-corrected chi connectivity index (χ3v) is 3.58. The summed E-state index contributed by atoms with van der Waals surface area (Å²) in [6.07, 6.45) is 2.68. The number of halogens is 2. The van der Waals surface area contributed by atoms with Crippen molar-refractivity contribution in [2.75, 3.05) is 5.32 Å². The Balaban J connectivity index is 2.18. The summed E-state index contributed by atoms with van der Waals surface area (Å²) in [4.78, 5) is 11.7. The summed E-state index contributed by atoms with van der Waals surface area (Å²) in [5.74, 6) is -0.432. The normalized spacial score (nSPS) is 12.2. The van der Waals surface area contributed by atoms with E-state index in [1.54, 1.807) is 29.0 Å². The lowest BCUT2D eigenvalue weighted by atomic mass is 10.1. The number of nitrogens with zero attached hydrogens (tertiary/aromatic N) is 1. The van der Waals surface area contributed by atoms with Crippen molar-refractivity contribution >= 4 is 17.3 Å². The zero-order chi connectivity index (χ0) is 15.4. The van der Waals surface area contributed by atoms with E-state index in [0.29, 0.717) is 6.54 Å². The number of aryl methyl sites for hydroxylation is 1. The molecule has 0 amide bonds. The van der Waals surface area contributed by atoms with Crippen molar-refractivity contribution in [3.8, 4) is 0 Å². The highest BCUT2D eigenvalue weighted by Crippen LogP contribution is 2.22. The van der Waals surface area contributed by atoms with Crippen LogP contribution in [-0.4, -0.2) is 4.57 Å². The highest BCUT2D eigenvalue weighted by molar-refractivity contribution is 6.30. The van der Waals surface area contributed by atoms with Crippen LogP contribution in [0.3, 0.4) is 0 Å². The summed E-state index contributed by atoms with van der Waals surface area (Å²) in [5, 5.41) is 3.37. The number of anilines is 1. The zero-order valence-electron chi connectivity index (χ0n) is 12.1. The number of nitrogens with one attached hydrogen (secondary N) is 1. The Morgan fingerprint density at radius 1 is 1.33 bits per heavy atom. The van der Waals surface area contributed by atoms with Crippen molar-refractivity contribution in [3.05, 3.63) is 63.3 Å². The highest BCUT2D eigenvalue weighted by atomic mass is 35.5. The van der Waals surface area contributed by atoms with Crippen molar-refractivity contribution in [2.45, 2.75) is 32.9 Å². The quantitative estimate of drug-likeness (QED) is 0.897. The molecule has 3 nitrogen and oxygen atoms in total. The molecule has 0 spiro atoms. The van der Waals surface area contributed by atoms with Crippen molar-refractivity contribution in [1.82, 2.24) is 4.57 Å². The molecule has 2 rings (SSSR count). The van der Waals surface area contributed by atoms with Gasteiger partial charge in [-0.3, -0.25) is 4.79 Å². The van der Waals surface area contributed by atoms with Crippen LogP contribution in [0.1, 0.15) is 31.9 Å². The average molecular weight is 309 g/mol. The first-order chi connectivity index (χ1) is 10.0. The van der Waals surface area contributed by atoms with Crippen molar-refractivity contribution in [3.63, 3.8) is 0 Å². The number of aromatic nitrogens is 1. The fraction of sp³-hybridized carbons (Fsp3) is 0.312. The minimum atomic E-state index is -0.432. The van der Waals surface area contributed by atoms with E-state index in [2.05, 4.69) is 5.32 Å². The molecular weight excluding hydrogens is 291 g/mol. The molecule has 1 aromatic heterocycles. The Bertz CT molecular complexity index is 684. The molecule has 5 heteroatoms. The topological polar surface area (TPSA) is 34.0 Å². The van der Waals surface area contributed by atoms with Crippen LogP contribution in [0.4, 0.5) is 10.1 Å². The second kappa shape index (κ2) is 6.76. The summed E-state index contributed by atoms with van der Waals surface area (Å²) in [6.45, 7) is 4.63. The van der Waals surface area contributed by atoms with E-state index in [0.717, 1.165) is 17.7 Å². The molecule has 0 bridgehead atoms. The van der Waals surface area contributed by atoms with Crippen LogP contribution in [-0.2, 0) is 6.54 Å². The molecule has 0 aliphatic carbocycles. The summed E-state index contributed by atoms with van der Waals surface area (Å²) in [7, 11) is 0. The molecule has 112 valence electrons. The fourth-order valence-corrected chi connectivity index (χ4v) is 2.26. The van der Waals surface area contributed by atoms with E-state index >= 15 is 0 Å². The van der Waals surface area contributed by atoms with Crippen LogP contribution in [0.25, 0.3) is 0 Å². The molecule has 0 aliphatic rings. The number of pyridine rings is 1. The van der Waals surface area contributed by atoms with E-state index in [4.69, 9.17) is 11.6 Å². The molecule has 1 unspecified atom stereocenters. The molecule has 0 fully saturated rings. The first-order valence-electron chi connectivity index (χ1n) is 6.93. The Morgan fingerprint density at radius 3 is 2.76 bits per heavy atom. The van der Waals surface area contributed by atoms with Gasteiger partial charge in [0.1, 0.15) is 5.82 Å². The first kappa shape index (κ1) is 15.6. The van der Waals surface area contributed by atoms with Gasteiger partial charge in [-0.1, -0.05) is 24.6 Å². The van der Waals surface area contributed by atoms with Crippen LogP contribution in [0.2, 0.25) is 5.02 Å². The SMILES string of the molecule is CCCn1cc(NC(C)c2ccc(Cl)c(F)c2)ccc1=O. The Labute approximate surface area is 128 Å². The van der Waals surface area contributed by atoms with Gasteiger partial charge < -0.3 is 9.88 Å². The van der Waals surface area contributed by atoms with Gasteiger partial charge in [0.2, 0.25) is 0 Å². The predicted molar refractivity (Wildman–Crippen MR) is 84.4 cm³/mol. The monoisotopic (exact) mass is 308 g/mol. The van der Waals surface area contributed by atoms with E-state index in [-0.39, 0.29) is 16.6 Å². The Hall–Kier alpha value is -1.81. The maximum atomic E-state index is 13.5. The fourth-order valence-electron chi connectivity index (χ4n) is 2.15. The average Bonchev–Trinajstić information content (AvgIpc) is 2.45. The highest BCUT2D eigenvalue weighted by Gasteiger charge is 2.09. The van der Waals surface area contributed by atoms with E-state index in [9.17, 15) is 9.18 Å². The van der Waals surface area contributed by atoms with Crippen LogP contribution in [0, 0.1) is 5.82 Å². The molecule has 0 radical (unpaired) electrons. The number of hydrogen-bond donors (Lipinski definition) is 1. The third kappa shape index (κ3) is 3.85. The second-order valence-electron chi connectivity index (χ2n) is 4.99. The minimum absolute atomic E-state index is 0.0207. The van der Waals surface area contributed by atoms with Gasteiger partial charge in [0, 0.05) is 24.8 Å². The van der Waals surface area contributed by atoms with Gasteiger partial charge in [0.05, 0.1) is 10.7 Å². The molecule has 1 aromatic carbocycles. The van der Waals surface area contributed by atoms with Crippen molar-refractivity contribution < 1.29 is 4.39 Å². The molecule has 0 saturated carbocycles. The predicted octanol–water partition coefficient (Wildman–Crippen LogP) is 4.22. The van der Waals surface area contributed by atoms with Crippen LogP contribution >= 0.6 is 11.6 Å². The maximum absolute atomic E-state index is 13.5. The first-order valence-corrected chi connectivity index (χ1v) is 7.31. The van der Waals surface area contributed by atoms with Crippen molar-refractivity contribution in [1.29, 1.82) is 0 Å². The van der Waals surface area contributed by atoms with Gasteiger partial charge in [0.25, 0.3) is 5.56 Å². The standard InChI is InChI=1S/C16H18ClFN2O/c1-3-8-20-10-13(5-7-16(20)21)19-11(2)12-4-6-14(17)15(18)9-12/h4-7,9-11,19H,3,8H2,1-2H3. The molecule has 1 atom stereocenters. The third-order valence-electron chi connectivity index (χ3n) is 3.27. The lowest BCUT2D eigenvalue weighted by molar-refractivity contribution is 0.624. The molecule has 1 N–H and O–H groups in total. The van der Waals surface area contributed by atoms with Gasteiger partial charge in [-0.15, -0.1) is 0 Å². The summed E-state index contributed by atoms with van der Waals surface area (Å²) in [5.41, 5.74) is 1.60. The molecule has 0 saturated heterocycles. The second-order valence-corrected chi connectivity index (χ2v) is 5.40. The van der Waals surface area contributed by atoms with Gasteiger partial charge in [0.15, 0.2) is 0 Å². The van der Waals surface area contributed by atoms with E-state index in [1.165, 1.54) is 12.1 Å². The van der Waals surface area contributed by atoms with Gasteiger partial charge in [-0.2, -0.15) is 0 Å². The summed E-state index contributed by atoms with van der Waals surface area (Å²) >= 11 is 5.69. The van der Waals surface area contributed by atoms with Crippen LogP contribution < -0.4 is 10.9 Å². The summed E-state index contributed by atoms with van der Waals surface area (Å²) in [6, 6.07) is 7.92. The van der Waals surface area contributed by atoms with Gasteiger partial charge in [-0.25, -0.2) is 4.39 Å². The molecule has 0 aliphatic heterocycles. The Kier molecular flexibility index (Phi) is 5.02. The van der Waals surface area contributed by atoms with E-state index in [1.807, 2.05) is 13.8 Å². The number of hydrogen-bond acceptors (Lipinski definition) is 2. The smallest absolute Gasteiger partial charge is 0.250 e. The maximum Gasteiger partial charge on any atom is 0.250 e. The number of rotatable bonds is 5. The molecular formula is C16H18ClFN2O. The van der Waals surface area contributed by atoms with E-state index < -0.39 is 5.82 Å². The van der Waals surface area contributed by atoms with Gasteiger partial charge in [-0.05, 0) is 37.1 Å². The van der Waals surface area contributed by atoms with Gasteiger partial charge >= 0.3 is 0 Å². The summed E-state index contributed by atoms with van der Waals surface area (Å²) < 4.78 is 15.2. The minimum Gasteiger partial charge on any atom is -0.377 e. The Morgan fingerprint density at radius 2 is 2.10 bits per heavy atom. The number of benzene rings is 1. The molecule has 21 heavy (non-hydrogen) atoms. The molecule has 1 heterocycles. The van der Waals surface area contributed by atoms with Crippen molar-refractivity contribution in [2.24, 2.45) is 0 Å². The lowest BCUT2D eigenvalue weighted by Gasteiger charge is -2.17. The van der Waals surface area contributed by atoms with Crippen LogP contribution in [0.15, 0.2) is 41.3 Å².